The van der Waals surface area contributed by atoms with Crippen molar-refractivity contribution in [3.05, 3.63) is 52.9 Å². The number of hydrogen-bond donors (Lipinski definition) is 1. The van der Waals surface area contributed by atoms with Crippen molar-refractivity contribution in [3.8, 4) is 0 Å². The second-order valence-electron chi connectivity index (χ2n) is 3.89. The second kappa shape index (κ2) is 5.14. The van der Waals surface area contributed by atoms with Gasteiger partial charge in [-0.15, -0.1) is 0 Å². The lowest BCUT2D eigenvalue weighted by atomic mass is 10.2. The summed E-state index contributed by atoms with van der Waals surface area (Å²) in [5, 5.41) is -0.0413. The van der Waals surface area contributed by atoms with Crippen molar-refractivity contribution in [1.29, 1.82) is 0 Å². The van der Waals surface area contributed by atoms with E-state index in [1.165, 1.54) is 30.5 Å². The predicted octanol–water partition coefficient (Wildman–Crippen LogP) is 2.43. The summed E-state index contributed by atoms with van der Waals surface area (Å²) in [6.07, 6.45) is 1.32. The van der Waals surface area contributed by atoms with Crippen molar-refractivity contribution >= 4 is 27.1 Å². The van der Waals surface area contributed by atoms with Gasteiger partial charge in [0.1, 0.15) is 5.82 Å². The molecular weight excluding hydrogens is 291 g/mol. The number of sulfone groups is 1. The molecule has 0 amide bonds. The van der Waals surface area contributed by atoms with Gasteiger partial charge in [-0.1, -0.05) is 17.7 Å². The summed E-state index contributed by atoms with van der Waals surface area (Å²) in [4.78, 5) is 3.73. The molecule has 0 saturated carbocycles. The minimum atomic E-state index is -3.80. The highest BCUT2D eigenvalue weighted by atomic mass is 35.5. The van der Waals surface area contributed by atoms with Crippen molar-refractivity contribution in [2.75, 3.05) is 5.73 Å². The molecule has 0 aliphatic heterocycles. The standard InChI is InChI=1S/C12H10ClFN2O2S/c13-9-4-3-8(10(14)6-9)7-19(17,18)12-11(15)2-1-5-16-12/h1-6H,7,15H2. The Morgan fingerprint density at radius 2 is 2.05 bits per heavy atom. The van der Waals surface area contributed by atoms with E-state index < -0.39 is 21.4 Å². The molecule has 1 aromatic carbocycles. The fraction of sp³-hybridized carbons (Fsp3) is 0.0833. The number of rotatable bonds is 3. The molecule has 0 unspecified atom stereocenters. The van der Waals surface area contributed by atoms with Crippen LogP contribution in [0.15, 0.2) is 41.6 Å². The summed E-state index contributed by atoms with van der Waals surface area (Å²) < 4.78 is 37.8. The topological polar surface area (TPSA) is 73.0 Å². The van der Waals surface area contributed by atoms with Gasteiger partial charge in [0.25, 0.3) is 0 Å². The predicted molar refractivity (Wildman–Crippen MR) is 70.9 cm³/mol. The van der Waals surface area contributed by atoms with Crippen LogP contribution < -0.4 is 5.73 Å². The third kappa shape index (κ3) is 3.02. The lowest BCUT2D eigenvalue weighted by molar-refractivity contribution is 0.584. The van der Waals surface area contributed by atoms with Crippen LogP contribution in [0.25, 0.3) is 0 Å². The van der Waals surface area contributed by atoms with Gasteiger partial charge in [0.2, 0.25) is 9.84 Å². The Bertz CT molecular complexity index is 719. The summed E-state index contributed by atoms with van der Waals surface area (Å²) in [6, 6.07) is 6.77. The van der Waals surface area contributed by atoms with E-state index in [2.05, 4.69) is 4.98 Å². The highest BCUT2D eigenvalue weighted by molar-refractivity contribution is 7.90. The van der Waals surface area contributed by atoms with Crippen LogP contribution in [0.5, 0.6) is 0 Å². The lowest BCUT2D eigenvalue weighted by Crippen LogP contribution is -2.10. The van der Waals surface area contributed by atoms with Gasteiger partial charge in [0.15, 0.2) is 5.03 Å². The van der Waals surface area contributed by atoms with E-state index in [9.17, 15) is 12.8 Å². The second-order valence-corrected chi connectivity index (χ2v) is 6.23. The monoisotopic (exact) mass is 300 g/mol. The zero-order chi connectivity index (χ0) is 14.0. The van der Waals surface area contributed by atoms with Gasteiger partial charge in [-0.25, -0.2) is 17.8 Å². The van der Waals surface area contributed by atoms with Crippen LogP contribution in [0.3, 0.4) is 0 Å². The molecule has 19 heavy (non-hydrogen) atoms. The summed E-state index contributed by atoms with van der Waals surface area (Å²) in [5.41, 5.74) is 5.63. The molecule has 0 atom stereocenters. The van der Waals surface area contributed by atoms with Crippen LogP contribution >= 0.6 is 11.6 Å². The van der Waals surface area contributed by atoms with Gasteiger partial charge in [-0.05, 0) is 24.3 Å². The lowest BCUT2D eigenvalue weighted by Gasteiger charge is -2.07. The number of aromatic nitrogens is 1. The van der Waals surface area contributed by atoms with E-state index >= 15 is 0 Å². The molecule has 7 heteroatoms. The normalized spacial score (nSPS) is 11.5. The maximum Gasteiger partial charge on any atom is 0.201 e. The zero-order valence-electron chi connectivity index (χ0n) is 9.68. The highest BCUT2D eigenvalue weighted by Gasteiger charge is 2.21. The number of pyridine rings is 1. The molecule has 2 N–H and O–H groups in total. The van der Waals surface area contributed by atoms with E-state index in [1.54, 1.807) is 0 Å². The molecular formula is C12H10ClFN2O2S. The van der Waals surface area contributed by atoms with Crippen molar-refractivity contribution in [2.24, 2.45) is 0 Å². The maximum absolute atomic E-state index is 13.6. The van der Waals surface area contributed by atoms with Crippen LogP contribution in [0.2, 0.25) is 5.02 Å². The fourth-order valence-corrected chi connectivity index (χ4v) is 3.16. The molecule has 2 rings (SSSR count). The van der Waals surface area contributed by atoms with Crippen LogP contribution in [0, 0.1) is 5.82 Å². The van der Waals surface area contributed by atoms with Crippen molar-refractivity contribution in [2.45, 2.75) is 10.8 Å². The molecule has 4 nitrogen and oxygen atoms in total. The smallest absolute Gasteiger partial charge is 0.201 e. The van der Waals surface area contributed by atoms with Crippen molar-refractivity contribution in [3.63, 3.8) is 0 Å². The van der Waals surface area contributed by atoms with E-state index in [-0.39, 0.29) is 21.3 Å². The third-order valence-corrected chi connectivity index (χ3v) is 4.31. The number of nitrogens with zero attached hydrogens (tertiary/aromatic N) is 1. The quantitative estimate of drug-likeness (QED) is 0.945. The van der Waals surface area contributed by atoms with Gasteiger partial charge in [0.05, 0.1) is 11.4 Å². The summed E-state index contributed by atoms with van der Waals surface area (Å²) in [6.45, 7) is 0. The minimum Gasteiger partial charge on any atom is -0.396 e. The summed E-state index contributed by atoms with van der Waals surface area (Å²) in [7, 11) is -3.80. The molecule has 2 aromatic rings. The number of nitrogen functional groups attached to an aromatic ring is 1. The minimum absolute atomic E-state index is 0.0226. The first-order valence-electron chi connectivity index (χ1n) is 5.27. The Balaban J connectivity index is 2.40. The first kappa shape index (κ1) is 13.8. The van der Waals surface area contributed by atoms with Gasteiger partial charge >= 0.3 is 0 Å². The van der Waals surface area contributed by atoms with Crippen molar-refractivity contribution < 1.29 is 12.8 Å². The molecule has 0 radical (unpaired) electrons. The molecule has 0 saturated heterocycles. The number of benzene rings is 1. The van der Waals surface area contributed by atoms with Gasteiger partial charge in [-0.2, -0.15) is 0 Å². The van der Waals surface area contributed by atoms with Crippen molar-refractivity contribution in [1.82, 2.24) is 4.98 Å². The van der Waals surface area contributed by atoms with Crippen LogP contribution in [0.1, 0.15) is 5.56 Å². The first-order chi connectivity index (χ1) is 8.90. The Morgan fingerprint density at radius 1 is 1.32 bits per heavy atom. The average molecular weight is 301 g/mol. The molecule has 0 aliphatic carbocycles. The summed E-state index contributed by atoms with van der Waals surface area (Å²) in [5.74, 6) is -1.19. The Labute approximate surface area is 115 Å². The van der Waals surface area contributed by atoms with Crippen LogP contribution in [0.4, 0.5) is 10.1 Å². The molecule has 1 aromatic heterocycles. The zero-order valence-corrected chi connectivity index (χ0v) is 11.2. The van der Waals surface area contributed by atoms with Crippen LogP contribution in [-0.4, -0.2) is 13.4 Å². The molecule has 0 aliphatic rings. The molecule has 100 valence electrons. The third-order valence-electron chi connectivity index (χ3n) is 2.46. The highest BCUT2D eigenvalue weighted by Crippen LogP contribution is 2.22. The largest absolute Gasteiger partial charge is 0.396 e. The fourth-order valence-electron chi connectivity index (χ4n) is 1.57. The van der Waals surface area contributed by atoms with E-state index in [4.69, 9.17) is 17.3 Å². The first-order valence-corrected chi connectivity index (χ1v) is 7.30. The molecule has 0 bridgehead atoms. The number of nitrogens with two attached hydrogens (primary N) is 1. The van der Waals surface area contributed by atoms with E-state index in [1.807, 2.05) is 0 Å². The molecule has 1 heterocycles. The Hall–Kier alpha value is -1.66. The number of halogens is 2. The van der Waals surface area contributed by atoms with Gasteiger partial charge in [-0.3, -0.25) is 0 Å². The Morgan fingerprint density at radius 3 is 2.68 bits per heavy atom. The van der Waals surface area contributed by atoms with E-state index in [0.29, 0.717) is 0 Å². The maximum atomic E-state index is 13.6. The molecule has 0 fully saturated rings. The molecule has 0 spiro atoms. The van der Waals surface area contributed by atoms with Crippen LogP contribution in [-0.2, 0) is 15.6 Å². The van der Waals surface area contributed by atoms with Gasteiger partial charge in [0, 0.05) is 16.8 Å². The average Bonchev–Trinajstić information content (AvgIpc) is 2.33. The van der Waals surface area contributed by atoms with E-state index in [0.717, 1.165) is 6.07 Å². The number of hydrogen-bond acceptors (Lipinski definition) is 4. The Kier molecular flexibility index (Phi) is 3.73. The SMILES string of the molecule is Nc1cccnc1S(=O)(=O)Cc1ccc(Cl)cc1F. The number of anilines is 1. The van der Waals surface area contributed by atoms with Gasteiger partial charge < -0.3 is 5.73 Å². The summed E-state index contributed by atoms with van der Waals surface area (Å²) >= 11 is 5.61.